The summed E-state index contributed by atoms with van der Waals surface area (Å²) >= 11 is 26.4. The lowest BCUT2D eigenvalue weighted by Gasteiger charge is -2.21. The second kappa shape index (κ2) is 30.7. The number of unbranched alkanes of at least 4 members (excludes halogenated alkanes) is 4. The summed E-state index contributed by atoms with van der Waals surface area (Å²) in [5.74, 6) is 7.14. The summed E-state index contributed by atoms with van der Waals surface area (Å²) in [7, 11) is 0. The van der Waals surface area contributed by atoms with Crippen LogP contribution in [-0.2, 0) is 9.59 Å². The van der Waals surface area contributed by atoms with Crippen LogP contribution in [0.4, 0.5) is 0 Å². The minimum absolute atomic E-state index is 0.0157. The van der Waals surface area contributed by atoms with E-state index >= 15 is 0 Å². The number of thioether (sulfide) groups is 6. The highest BCUT2D eigenvalue weighted by atomic mass is 32.2. The van der Waals surface area contributed by atoms with Crippen LogP contribution in [0.3, 0.4) is 0 Å². The first-order chi connectivity index (χ1) is 36.9. The molecule has 2 aliphatic heterocycles. The monoisotopic (exact) mass is 1210 g/mol. The summed E-state index contributed by atoms with van der Waals surface area (Å²) in [5.41, 5.74) is 10.7. The van der Waals surface area contributed by atoms with E-state index in [4.69, 9.17) is 24.4 Å². The van der Waals surface area contributed by atoms with E-state index in [1.54, 1.807) is 9.80 Å². The fourth-order valence-electron chi connectivity index (χ4n) is 10.4. The van der Waals surface area contributed by atoms with Crippen molar-refractivity contribution in [3.63, 3.8) is 0 Å². The fraction of sp³-hybridized carbons (Fsp3) is 0.581. The molecule has 4 aliphatic rings. The third-order valence-corrected chi connectivity index (χ3v) is 26.4. The molecule has 0 radical (unpaired) electrons. The summed E-state index contributed by atoms with van der Waals surface area (Å²) < 4.78 is 4.19. The van der Waals surface area contributed by atoms with Gasteiger partial charge in [0, 0.05) is 97.5 Å². The predicted octanol–water partition coefficient (Wildman–Crippen LogP) is 21.4. The minimum atomic E-state index is 0.0157. The van der Waals surface area contributed by atoms with E-state index in [2.05, 4.69) is 139 Å². The Bertz CT molecular complexity index is 2450. The Morgan fingerprint density at radius 2 is 0.789 bits per heavy atom. The van der Waals surface area contributed by atoms with E-state index in [1.807, 2.05) is 36.5 Å². The first-order valence-electron chi connectivity index (χ1n) is 28.9. The number of carbonyl (C=O) groups excluding carboxylic acids is 2. The van der Waals surface area contributed by atoms with Crippen molar-refractivity contribution in [2.24, 2.45) is 23.7 Å². The molecule has 0 N–H and O–H groups in total. The van der Waals surface area contributed by atoms with Crippen molar-refractivity contribution in [3.8, 4) is 20.9 Å². The van der Waals surface area contributed by atoms with E-state index in [0.717, 1.165) is 32.8 Å². The van der Waals surface area contributed by atoms with E-state index < -0.39 is 0 Å². The number of thiophene rings is 2. The molecule has 414 valence electrons. The Morgan fingerprint density at radius 1 is 0.474 bits per heavy atom. The first kappa shape index (κ1) is 62.4. The summed E-state index contributed by atoms with van der Waals surface area (Å²) in [4.78, 5) is 37.2. The number of benzene rings is 1. The highest BCUT2D eigenvalue weighted by Gasteiger charge is 2.38. The Labute approximate surface area is 503 Å². The summed E-state index contributed by atoms with van der Waals surface area (Å²) in [6.45, 7) is 24.0. The van der Waals surface area contributed by atoms with Crippen molar-refractivity contribution in [1.29, 1.82) is 0 Å². The molecule has 4 unspecified atom stereocenters. The van der Waals surface area contributed by atoms with Gasteiger partial charge >= 0.3 is 0 Å². The lowest BCUT2D eigenvalue weighted by Crippen LogP contribution is -2.27. The number of hydrogen-bond donors (Lipinski definition) is 0. The normalized spacial score (nSPS) is 17.7. The lowest BCUT2D eigenvalue weighted by atomic mass is 9.98. The molecule has 2 fully saturated rings. The van der Waals surface area contributed by atoms with Gasteiger partial charge in [-0.2, -0.15) is 0 Å². The Balaban J connectivity index is 1.48. The Kier molecular flexibility index (Phi) is 25.2. The van der Waals surface area contributed by atoms with Crippen molar-refractivity contribution >= 4 is 161 Å². The average molecular weight is 1210 g/mol. The van der Waals surface area contributed by atoms with Crippen molar-refractivity contribution in [2.75, 3.05) is 36.1 Å². The van der Waals surface area contributed by atoms with Crippen LogP contribution in [0.25, 0.3) is 44.2 Å². The minimum Gasteiger partial charge on any atom is -0.293 e. The maximum absolute atomic E-state index is 13.7. The summed E-state index contributed by atoms with van der Waals surface area (Å²) in [6, 6.07) is 9.98. The molecule has 4 nitrogen and oxygen atoms in total. The molecule has 0 spiro atoms. The SMILES string of the molecule is CCCCC(CC)CSC(SCC(CC)CCCC)=C1c2cc3c(cc2-c2sc(/C=C4/SC(=S)N(CC)C4=O)cc21)C(=C(SCC(CC)CCCC)SCC(CC)CCCC)c1cc(/C=C2/SC(=S)N(CC)C2=O)sc1-3. The van der Waals surface area contributed by atoms with Crippen LogP contribution in [0, 0.1) is 23.7 Å². The van der Waals surface area contributed by atoms with Crippen LogP contribution in [0.2, 0.25) is 0 Å². The maximum atomic E-state index is 13.7. The van der Waals surface area contributed by atoms with E-state index in [0.29, 0.717) is 55.2 Å². The largest absolute Gasteiger partial charge is 0.293 e. The third-order valence-electron chi connectivity index (χ3n) is 15.5. The molecule has 76 heavy (non-hydrogen) atoms. The highest BCUT2D eigenvalue weighted by molar-refractivity contribution is 8.27. The topological polar surface area (TPSA) is 40.6 Å². The standard InChI is InChI=1S/C62H84N2O2S10/c1-11-21-25-39(15-5)35-69-59(70-36-40(16-6)26-22-12-2)53-45-33-48-46(34-47(45)55-49(53)29-43(73-55)31-51-57(65)63(19-9)61(67)75-51)54(50-30-44(74-56(48)50)32-52-58(66)64(20-10)62(68)76-52)60(71-37-41(17-7)27-23-13-3)72-38-42(18-8)28-24-14-4/h29-34,39-42H,11-28,35-38H2,1-10H3/b51-31+,52-32+,59-53?,60-54?. The number of carbonyl (C=O) groups is 2. The van der Waals surface area contributed by atoms with Gasteiger partial charge in [-0.1, -0.05) is 180 Å². The summed E-state index contributed by atoms with van der Waals surface area (Å²) in [6.07, 6.45) is 24.1. The van der Waals surface area contributed by atoms with Crippen LogP contribution in [0.1, 0.15) is 204 Å². The van der Waals surface area contributed by atoms with Gasteiger partial charge in [0.1, 0.15) is 8.64 Å². The number of thiocarbonyl (C=S) groups is 2. The molecule has 4 atom stereocenters. The predicted molar refractivity (Wildman–Crippen MR) is 359 cm³/mol. The molecule has 14 heteroatoms. The van der Waals surface area contributed by atoms with Gasteiger partial charge in [-0.15, -0.1) is 69.7 Å². The molecule has 4 heterocycles. The molecule has 0 saturated carbocycles. The number of rotatable bonds is 32. The van der Waals surface area contributed by atoms with Gasteiger partial charge < -0.3 is 0 Å². The fourth-order valence-corrected chi connectivity index (χ4v) is 21.7. The molecule has 2 aromatic heterocycles. The van der Waals surface area contributed by atoms with Crippen LogP contribution in [0.5, 0.6) is 0 Å². The van der Waals surface area contributed by atoms with Gasteiger partial charge in [-0.05, 0) is 111 Å². The van der Waals surface area contributed by atoms with Crippen LogP contribution in [0.15, 0.2) is 42.6 Å². The van der Waals surface area contributed by atoms with Crippen molar-refractivity contribution in [2.45, 2.75) is 172 Å². The van der Waals surface area contributed by atoms with Crippen molar-refractivity contribution < 1.29 is 9.59 Å². The van der Waals surface area contributed by atoms with Gasteiger partial charge in [0.15, 0.2) is 0 Å². The first-order valence-corrected chi connectivity index (χ1v) is 36.9. The van der Waals surface area contributed by atoms with Crippen LogP contribution in [-0.4, -0.2) is 66.4 Å². The van der Waals surface area contributed by atoms with Gasteiger partial charge in [-0.25, -0.2) is 0 Å². The molecule has 1 aromatic carbocycles. The van der Waals surface area contributed by atoms with E-state index in [-0.39, 0.29) is 11.8 Å². The quantitative estimate of drug-likeness (QED) is 0.0307. The Morgan fingerprint density at radius 3 is 1.05 bits per heavy atom. The highest BCUT2D eigenvalue weighted by Crippen LogP contribution is 2.61. The third kappa shape index (κ3) is 14.9. The lowest BCUT2D eigenvalue weighted by molar-refractivity contribution is -0.122. The molecule has 0 bridgehead atoms. The number of nitrogens with zero attached hydrogens (tertiary/aromatic N) is 2. The van der Waals surface area contributed by atoms with Crippen LogP contribution >= 0.6 is 118 Å². The molecule has 2 aliphatic carbocycles. The smallest absolute Gasteiger partial charge is 0.266 e. The second-order valence-electron chi connectivity index (χ2n) is 20.8. The zero-order valence-electron chi connectivity index (χ0n) is 47.1. The zero-order chi connectivity index (χ0) is 54.5. The average Bonchev–Trinajstić information content (AvgIpc) is 4.28. The molecular weight excluding hydrogens is 1130 g/mol. The van der Waals surface area contributed by atoms with Gasteiger partial charge in [0.25, 0.3) is 11.8 Å². The molecular formula is C62H84N2O2S10. The summed E-state index contributed by atoms with van der Waals surface area (Å²) in [5, 5.41) is 0. The van der Waals surface area contributed by atoms with Gasteiger partial charge in [-0.3, -0.25) is 19.4 Å². The number of fused-ring (bicyclic) bond motifs is 6. The molecule has 2 saturated heterocycles. The number of hydrogen-bond acceptors (Lipinski definition) is 12. The van der Waals surface area contributed by atoms with E-state index in [9.17, 15) is 9.59 Å². The van der Waals surface area contributed by atoms with Crippen LogP contribution < -0.4 is 0 Å². The van der Waals surface area contributed by atoms with Gasteiger partial charge in [0.05, 0.1) is 9.81 Å². The number of amides is 2. The molecule has 2 amide bonds. The van der Waals surface area contributed by atoms with E-state index in [1.165, 1.54) is 189 Å². The molecule has 3 aromatic rings. The van der Waals surface area contributed by atoms with Gasteiger partial charge in [0.2, 0.25) is 0 Å². The molecule has 7 rings (SSSR count). The maximum Gasteiger partial charge on any atom is 0.266 e. The Hall–Kier alpha value is -1.20. The van der Waals surface area contributed by atoms with Crippen molar-refractivity contribution in [1.82, 2.24) is 9.80 Å². The zero-order valence-corrected chi connectivity index (χ0v) is 55.3. The van der Waals surface area contributed by atoms with Crippen molar-refractivity contribution in [3.05, 3.63) is 74.6 Å². The second-order valence-corrected chi connectivity index (χ2v) is 31.0. The number of likely N-dealkylation sites (N-methyl/N-ethyl adjacent to an activating group) is 2.